The molecule has 0 bridgehead atoms. The number of hydrogen-bond acceptors (Lipinski definition) is 2. The highest BCUT2D eigenvalue weighted by Crippen LogP contribution is 2.19. The molecule has 2 nitrogen and oxygen atoms in total. The van der Waals surface area contributed by atoms with E-state index in [1.165, 1.54) is 0 Å². The molecular formula is C10H14Cl2N2. The Bertz CT molecular complexity index is 282. The Morgan fingerprint density at radius 3 is 2.29 bits per heavy atom. The van der Waals surface area contributed by atoms with Gasteiger partial charge in [-0.25, -0.2) is 0 Å². The minimum Gasteiger partial charge on any atom is -0.329 e. The molecule has 4 heteroatoms. The first-order valence-corrected chi connectivity index (χ1v) is 5.21. The molecule has 0 saturated heterocycles. The van der Waals surface area contributed by atoms with Crippen molar-refractivity contribution in [2.75, 3.05) is 20.1 Å². The zero-order valence-electron chi connectivity index (χ0n) is 8.13. The molecule has 0 fully saturated rings. The molecule has 0 atom stereocenters. The number of nitrogens with zero attached hydrogens (tertiary/aromatic N) is 1. The van der Waals surface area contributed by atoms with Gasteiger partial charge in [-0.05, 0) is 30.8 Å². The SMILES string of the molecule is CN(CCN)Cc1cc(Cl)cc(Cl)c1. The van der Waals surface area contributed by atoms with Crippen LogP contribution in [0.1, 0.15) is 5.56 Å². The van der Waals surface area contributed by atoms with Crippen molar-refractivity contribution >= 4 is 23.2 Å². The van der Waals surface area contributed by atoms with Gasteiger partial charge in [0.15, 0.2) is 0 Å². The van der Waals surface area contributed by atoms with E-state index >= 15 is 0 Å². The van der Waals surface area contributed by atoms with E-state index in [0.717, 1.165) is 18.7 Å². The summed E-state index contributed by atoms with van der Waals surface area (Å²) in [5.74, 6) is 0. The average molecular weight is 233 g/mol. The summed E-state index contributed by atoms with van der Waals surface area (Å²) in [4.78, 5) is 2.13. The minimum absolute atomic E-state index is 0.658. The van der Waals surface area contributed by atoms with Crippen molar-refractivity contribution in [3.63, 3.8) is 0 Å². The van der Waals surface area contributed by atoms with Crippen LogP contribution < -0.4 is 5.73 Å². The Hall–Kier alpha value is -0.280. The third-order valence-corrected chi connectivity index (χ3v) is 2.32. The van der Waals surface area contributed by atoms with Crippen molar-refractivity contribution < 1.29 is 0 Å². The van der Waals surface area contributed by atoms with Gasteiger partial charge < -0.3 is 10.6 Å². The van der Waals surface area contributed by atoms with Gasteiger partial charge >= 0.3 is 0 Å². The highest BCUT2D eigenvalue weighted by Gasteiger charge is 2.01. The van der Waals surface area contributed by atoms with Crippen LogP contribution in [0.5, 0.6) is 0 Å². The van der Waals surface area contributed by atoms with Gasteiger partial charge in [-0.2, -0.15) is 0 Å². The lowest BCUT2D eigenvalue weighted by Crippen LogP contribution is -2.24. The highest BCUT2D eigenvalue weighted by molar-refractivity contribution is 6.34. The van der Waals surface area contributed by atoms with E-state index in [1.807, 2.05) is 19.2 Å². The molecule has 0 aromatic heterocycles. The first kappa shape index (κ1) is 11.8. The monoisotopic (exact) mass is 232 g/mol. The second kappa shape index (κ2) is 5.56. The predicted octanol–water partition coefficient (Wildman–Crippen LogP) is 2.38. The van der Waals surface area contributed by atoms with Gasteiger partial charge in [0.05, 0.1) is 0 Å². The predicted molar refractivity (Wildman–Crippen MR) is 61.9 cm³/mol. The summed E-state index contributed by atoms with van der Waals surface area (Å²) >= 11 is 11.8. The van der Waals surface area contributed by atoms with Crippen molar-refractivity contribution in [1.82, 2.24) is 4.90 Å². The molecular weight excluding hydrogens is 219 g/mol. The molecule has 0 amide bonds. The molecule has 1 rings (SSSR count). The Morgan fingerprint density at radius 2 is 1.79 bits per heavy atom. The van der Waals surface area contributed by atoms with Gasteiger partial charge in [-0.3, -0.25) is 0 Å². The zero-order valence-corrected chi connectivity index (χ0v) is 9.65. The number of likely N-dealkylation sites (N-methyl/N-ethyl adjacent to an activating group) is 1. The van der Waals surface area contributed by atoms with E-state index < -0.39 is 0 Å². The zero-order chi connectivity index (χ0) is 10.6. The number of benzene rings is 1. The average Bonchev–Trinajstić information content (AvgIpc) is 2.01. The molecule has 2 N–H and O–H groups in total. The van der Waals surface area contributed by atoms with Gasteiger partial charge in [-0.15, -0.1) is 0 Å². The fourth-order valence-electron chi connectivity index (χ4n) is 1.31. The van der Waals surface area contributed by atoms with E-state index in [-0.39, 0.29) is 0 Å². The fraction of sp³-hybridized carbons (Fsp3) is 0.400. The van der Waals surface area contributed by atoms with E-state index in [9.17, 15) is 0 Å². The number of nitrogens with two attached hydrogens (primary N) is 1. The summed E-state index contributed by atoms with van der Waals surface area (Å²) in [5, 5.41) is 1.35. The van der Waals surface area contributed by atoms with Crippen LogP contribution in [0.2, 0.25) is 10.0 Å². The van der Waals surface area contributed by atoms with E-state index in [4.69, 9.17) is 28.9 Å². The smallest absolute Gasteiger partial charge is 0.0424 e. The molecule has 0 saturated carbocycles. The van der Waals surface area contributed by atoms with Gasteiger partial charge in [0, 0.05) is 29.7 Å². The van der Waals surface area contributed by atoms with Crippen molar-refractivity contribution in [3.8, 4) is 0 Å². The molecule has 0 unspecified atom stereocenters. The summed E-state index contributed by atoms with van der Waals surface area (Å²) in [6.07, 6.45) is 0. The van der Waals surface area contributed by atoms with Crippen LogP contribution >= 0.6 is 23.2 Å². The molecule has 78 valence electrons. The Balaban J connectivity index is 2.66. The normalized spacial score (nSPS) is 10.9. The first-order chi connectivity index (χ1) is 6.61. The van der Waals surface area contributed by atoms with Crippen LogP contribution in [0.3, 0.4) is 0 Å². The number of hydrogen-bond donors (Lipinski definition) is 1. The molecule has 1 aromatic rings. The van der Waals surface area contributed by atoms with E-state index in [1.54, 1.807) is 6.07 Å². The summed E-state index contributed by atoms with van der Waals surface area (Å²) in [6, 6.07) is 5.57. The van der Waals surface area contributed by atoms with Gasteiger partial charge in [0.1, 0.15) is 0 Å². The van der Waals surface area contributed by atoms with Crippen LogP contribution in [0.4, 0.5) is 0 Å². The summed E-state index contributed by atoms with van der Waals surface area (Å²) in [6.45, 7) is 2.34. The molecule has 0 aliphatic carbocycles. The lowest BCUT2D eigenvalue weighted by molar-refractivity contribution is 0.336. The fourth-order valence-corrected chi connectivity index (χ4v) is 1.88. The topological polar surface area (TPSA) is 29.3 Å². The van der Waals surface area contributed by atoms with Crippen LogP contribution in [0.15, 0.2) is 18.2 Å². The van der Waals surface area contributed by atoms with Crippen molar-refractivity contribution in [2.24, 2.45) is 5.73 Å². The van der Waals surface area contributed by atoms with E-state index in [2.05, 4.69) is 4.90 Å². The van der Waals surface area contributed by atoms with Crippen molar-refractivity contribution in [1.29, 1.82) is 0 Å². The Labute approximate surface area is 94.6 Å². The minimum atomic E-state index is 0.658. The lowest BCUT2D eigenvalue weighted by atomic mass is 10.2. The molecule has 0 spiro atoms. The largest absolute Gasteiger partial charge is 0.329 e. The Kier molecular flexibility index (Phi) is 4.69. The summed E-state index contributed by atoms with van der Waals surface area (Å²) < 4.78 is 0. The van der Waals surface area contributed by atoms with Crippen LogP contribution in [-0.4, -0.2) is 25.0 Å². The van der Waals surface area contributed by atoms with Crippen LogP contribution in [0.25, 0.3) is 0 Å². The third kappa shape index (κ3) is 3.84. The molecule has 0 aliphatic heterocycles. The van der Waals surface area contributed by atoms with Crippen molar-refractivity contribution in [3.05, 3.63) is 33.8 Å². The van der Waals surface area contributed by atoms with Gasteiger partial charge in [-0.1, -0.05) is 23.2 Å². The second-order valence-corrected chi connectivity index (χ2v) is 4.18. The highest BCUT2D eigenvalue weighted by atomic mass is 35.5. The molecule has 14 heavy (non-hydrogen) atoms. The third-order valence-electron chi connectivity index (χ3n) is 1.89. The second-order valence-electron chi connectivity index (χ2n) is 3.30. The van der Waals surface area contributed by atoms with Gasteiger partial charge in [0.25, 0.3) is 0 Å². The van der Waals surface area contributed by atoms with Gasteiger partial charge in [0.2, 0.25) is 0 Å². The maximum atomic E-state index is 5.88. The number of halogens is 2. The summed E-state index contributed by atoms with van der Waals surface area (Å²) in [7, 11) is 2.02. The number of rotatable bonds is 4. The lowest BCUT2D eigenvalue weighted by Gasteiger charge is -2.15. The Morgan fingerprint density at radius 1 is 1.21 bits per heavy atom. The quantitative estimate of drug-likeness (QED) is 0.865. The first-order valence-electron chi connectivity index (χ1n) is 4.45. The molecule has 0 radical (unpaired) electrons. The van der Waals surface area contributed by atoms with Crippen LogP contribution in [-0.2, 0) is 6.54 Å². The van der Waals surface area contributed by atoms with Crippen LogP contribution in [0, 0.1) is 0 Å². The maximum absolute atomic E-state index is 5.88. The maximum Gasteiger partial charge on any atom is 0.0424 e. The molecule has 1 aromatic carbocycles. The standard InChI is InChI=1S/C10H14Cl2N2/c1-14(3-2-13)7-8-4-9(11)6-10(12)5-8/h4-6H,2-3,7,13H2,1H3. The molecule has 0 aliphatic rings. The summed E-state index contributed by atoms with van der Waals surface area (Å²) in [5.41, 5.74) is 6.56. The molecule has 0 heterocycles. The van der Waals surface area contributed by atoms with Crippen molar-refractivity contribution in [2.45, 2.75) is 6.54 Å². The van der Waals surface area contributed by atoms with E-state index in [0.29, 0.717) is 16.6 Å².